The van der Waals surface area contributed by atoms with Crippen molar-refractivity contribution in [3.05, 3.63) is 29.3 Å². The number of nitrogens with zero attached hydrogens (tertiary/aromatic N) is 1. The summed E-state index contributed by atoms with van der Waals surface area (Å²) >= 11 is 0. The number of carbonyl (C=O) groups is 2. The van der Waals surface area contributed by atoms with Crippen molar-refractivity contribution < 1.29 is 19.8 Å². The maximum absolute atomic E-state index is 11.9. The fourth-order valence-corrected chi connectivity index (χ4v) is 2.23. The zero-order chi connectivity index (χ0) is 14.0. The van der Waals surface area contributed by atoms with Gasteiger partial charge < -0.3 is 20.8 Å². The molecular weight excluding hydrogens is 248 g/mol. The normalized spacial score (nSPS) is 18.9. The molecule has 1 fully saturated rings. The zero-order valence-electron chi connectivity index (χ0n) is 10.4. The topological polar surface area (TPSA) is 104 Å². The maximum Gasteiger partial charge on any atom is 0.227 e. The summed E-state index contributed by atoms with van der Waals surface area (Å²) in [5.74, 6) is -1.15. The number of anilines is 1. The maximum atomic E-state index is 11.9. The molecule has 1 aromatic carbocycles. The monoisotopic (exact) mass is 264 g/mol. The third-order valence-electron chi connectivity index (χ3n) is 3.24. The van der Waals surface area contributed by atoms with Crippen LogP contribution in [0.25, 0.3) is 0 Å². The molecular formula is C13H16N2O4. The molecule has 2 rings (SSSR count). The van der Waals surface area contributed by atoms with Crippen LogP contribution >= 0.6 is 0 Å². The molecule has 102 valence electrons. The molecule has 0 spiro atoms. The van der Waals surface area contributed by atoms with Crippen LogP contribution in [0.4, 0.5) is 5.69 Å². The minimum Gasteiger partial charge on any atom is -0.392 e. The van der Waals surface area contributed by atoms with Gasteiger partial charge >= 0.3 is 0 Å². The first kappa shape index (κ1) is 13.5. The molecule has 0 aromatic heterocycles. The van der Waals surface area contributed by atoms with E-state index in [2.05, 4.69) is 0 Å². The van der Waals surface area contributed by atoms with Crippen LogP contribution in [0.3, 0.4) is 0 Å². The number of rotatable bonds is 4. The van der Waals surface area contributed by atoms with E-state index in [4.69, 9.17) is 5.73 Å². The Labute approximate surface area is 110 Å². The van der Waals surface area contributed by atoms with E-state index in [-0.39, 0.29) is 32.1 Å². The summed E-state index contributed by atoms with van der Waals surface area (Å²) in [5, 5.41) is 18.3. The van der Waals surface area contributed by atoms with Crippen LogP contribution in [-0.2, 0) is 22.8 Å². The third kappa shape index (κ3) is 2.74. The SMILES string of the molecule is NC(=O)C1CC(=O)N(c2cc(CO)cc(CO)c2)C1. The summed E-state index contributed by atoms with van der Waals surface area (Å²) in [7, 11) is 0. The second kappa shape index (κ2) is 5.38. The molecule has 6 nitrogen and oxygen atoms in total. The summed E-state index contributed by atoms with van der Waals surface area (Å²) in [6.45, 7) is -0.113. The molecule has 1 aliphatic heterocycles. The smallest absolute Gasteiger partial charge is 0.227 e. The quantitative estimate of drug-likeness (QED) is 0.682. The van der Waals surface area contributed by atoms with Gasteiger partial charge in [0.15, 0.2) is 0 Å². The molecule has 1 aliphatic rings. The van der Waals surface area contributed by atoms with Crippen molar-refractivity contribution in [2.24, 2.45) is 11.7 Å². The standard InChI is InChI=1S/C13H16N2O4/c14-13(19)10-4-12(18)15(5-10)11-2-8(6-16)1-9(3-11)7-17/h1-3,10,16-17H,4-7H2,(H2,14,19). The van der Waals surface area contributed by atoms with Gasteiger partial charge in [-0.3, -0.25) is 9.59 Å². The number of carbonyl (C=O) groups excluding carboxylic acids is 2. The van der Waals surface area contributed by atoms with Gasteiger partial charge in [0.1, 0.15) is 0 Å². The summed E-state index contributed by atoms with van der Waals surface area (Å²) in [6.07, 6.45) is 0.104. The van der Waals surface area contributed by atoms with Crippen molar-refractivity contribution >= 4 is 17.5 Å². The van der Waals surface area contributed by atoms with Crippen molar-refractivity contribution in [2.45, 2.75) is 19.6 Å². The van der Waals surface area contributed by atoms with Crippen LogP contribution in [0.2, 0.25) is 0 Å². The van der Waals surface area contributed by atoms with Crippen molar-refractivity contribution in [3.8, 4) is 0 Å². The summed E-state index contributed by atoms with van der Waals surface area (Å²) in [6, 6.07) is 5.00. The first-order valence-electron chi connectivity index (χ1n) is 5.99. The van der Waals surface area contributed by atoms with Crippen molar-refractivity contribution in [1.29, 1.82) is 0 Å². The van der Waals surface area contributed by atoms with Crippen LogP contribution in [0.5, 0.6) is 0 Å². The van der Waals surface area contributed by atoms with E-state index in [1.165, 1.54) is 4.90 Å². The molecule has 2 amide bonds. The van der Waals surface area contributed by atoms with Gasteiger partial charge in [0.25, 0.3) is 0 Å². The van der Waals surface area contributed by atoms with Gasteiger partial charge in [-0.05, 0) is 23.3 Å². The second-order valence-electron chi connectivity index (χ2n) is 4.63. The van der Waals surface area contributed by atoms with E-state index >= 15 is 0 Å². The average molecular weight is 264 g/mol. The molecule has 1 saturated heterocycles. The molecule has 19 heavy (non-hydrogen) atoms. The highest BCUT2D eigenvalue weighted by Crippen LogP contribution is 2.27. The molecule has 1 atom stereocenters. The Balaban J connectivity index is 2.31. The Bertz CT molecular complexity index is 493. The van der Waals surface area contributed by atoms with Gasteiger partial charge in [0, 0.05) is 18.7 Å². The molecule has 1 heterocycles. The lowest BCUT2D eigenvalue weighted by Crippen LogP contribution is -2.28. The Morgan fingerprint density at radius 3 is 2.26 bits per heavy atom. The number of hydrogen-bond acceptors (Lipinski definition) is 4. The van der Waals surface area contributed by atoms with Gasteiger partial charge in [-0.2, -0.15) is 0 Å². The number of nitrogens with two attached hydrogens (primary N) is 1. The predicted octanol–water partition coefficient (Wildman–Crippen LogP) is -0.491. The van der Waals surface area contributed by atoms with Crippen LogP contribution < -0.4 is 10.6 Å². The Hall–Kier alpha value is -1.92. The summed E-state index contributed by atoms with van der Waals surface area (Å²) in [4.78, 5) is 24.5. The van der Waals surface area contributed by atoms with E-state index in [0.717, 1.165) is 0 Å². The van der Waals surface area contributed by atoms with E-state index in [1.54, 1.807) is 18.2 Å². The highest BCUT2D eigenvalue weighted by Gasteiger charge is 2.34. The zero-order valence-corrected chi connectivity index (χ0v) is 10.4. The minimum absolute atomic E-state index is 0.104. The fraction of sp³-hybridized carbons (Fsp3) is 0.385. The minimum atomic E-state index is -0.489. The number of aliphatic hydroxyl groups is 2. The fourth-order valence-electron chi connectivity index (χ4n) is 2.23. The van der Waals surface area contributed by atoms with Crippen molar-refractivity contribution in [2.75, 3.05) is 11.4 Å². The van der Waals surface area contributed by atoms with E-state index in [0.29, 0.717) is 16.8 Å². The first-order chi connectivity index (χ1) is 9.05. The highest BCUT2D eigenvalue weighted by atomic mass is 16.3. The van der Waals surface area contributed by atoms with Crippen molar-refractivity contribution in [1.82, 2.24) is 0 Å². The molecule has 6 heteroatoms. The molecule has 1 aromatic rings. The average Bonchev–Trinajstić information content (AvgIpc) is 2.80. The van der Waals surface area contributed by atoms with Crippen LogP contribution in [0, 0.1) is 5.92 Å². The first-order valence-corrected chi connectivity index (χ1v) is 5.99. The van der Waals surface area contributed by atoms with Crippen LogP contribution in [-0.4, -0.2) is 28.6 Å². The lowest BCUT2D eigenvalue weighted by atomic mass is 10.1. The van der Waals surface area contributed by atoms with Gasteiger partial charge in [-0.1, -0.05) is 6.07 Å². The second-order valence-corrected chi connectivity index (χ2v) is 4.63. The molecule has 0 saturated carbocycles. The van der Waals surface area contributed by atoms with E-state index in [1.807, 2.05) is 0 Å². The molecule has 0 aliphatic carbocycles. The molecule has 4 N–H and O–H groups in total. The lowest BCUT2D eigenvalue weighted by molar-refractivity contribution is -0.123. The largest absolute Gasteiger partial charge is 0.392 e. The van der Waals surface area contributed by atoms with Gasteiger partial charge in [0.05, 0.1) is 19.1 Å². The molecule has 0 radical (unpaired) electrons. The number of amides is 2. The lowest BCUT2D eigenvalue weighted by Gasteiger charge is -2.18. The van der Waals surface area contributed by atoms with E-state index in [9.17, 15) is 19.8 Å². The molecule has 1 unspecified atom stereocenters. The predicted molar refractivity (Wildman–Crippen MR) is 67.9 cm³/mol. The molecule has 0 bridgehead atoms. The Kier molecular flexibility index (Phi) is 3.82. The third-order valence-corrected chi connectivity index (χ3v) is 3.24. The summed E-state index contributed by atoms with van der Waals surface area (Å²) in [5.41, 5.74) is 7.00. The number of benzene rings is 1. The highest BCUT2D eigenvalue weighted by molar-refractivity contribution is 6.00. The van der Waals surface area contributed by atoms with E-state index < -0.39 is 11.8 Å². The van der Waals surface area contributed by atoms with Crippen LogP contribution in [0.15, 0.2) is 18.2 Å². The van der Waals surface area contributed by atoms with Gasteiger partial charge in [-0.15, -0.1) is 0 Å². The van der Waals surface area contributed by atoms with Crippen molar-refractivity contribution in [3.63, 3.8) is 0 Å². The van der Waals surface area contributed by atoms with Crippen LogP contribution in [0.1, 0.15) is 17.5 Å². The summed E-state index contributed by atoms with van der Waals surface area (Å²) < 4.78 is 0. The number of hydrogen-bond donors (Lipinski definition) is 3. The Morgan fingerprint density at radius 1 is 1.26 bits per heavy atom. The van der Waals surface area contributed by atoms with Gasteiger partial charge in [-0.25, -0.2) is 0 Å². The number of aliphatic hydroxyl groups excluding tert-OH is 2. The number of primary amides is 1. The van der Waals surface area contributed by atoms with Gasteiger partial charge in [0.2, 0.25) is 11.8 Å². The Morgan fingerprint density at radius 2 is 1.84 bits per heavy atom.